The number of ketones is 1. The summed E-state index contributed by atoms with van der Waals surface area (Å²) in [7, 11) is 0. The number of pyridine rings is 1. The van der Waals surface area contributed by atoms with E-state index in [0.717, 1.165) is 11.4 Å². The Balaban J connectivity index is 0.000000431. The number of aromatic nitrogens is 1. The first-order valence-electron chi connectivity index (χ1n) is 10.1. The topological polar surface area (TPSA) is 50.2 Å². The normalized spacial score (nSPS) is 14.0. The molecular formula is C26H34IrNO2-. The van der Waals surface area contributed by atoms with Crippen molar-refractivity contribution in [2.75, 3.05) is 0 Å². The van der Waals surface area contributed by atoms with E-state index in [1.54, 1.807) is 6.92 Å². The molecule has 4 heteroatoms. The summed E-state index contributed by atoms with van der Waals surface area (Å²) in [6.45, 7) is 22.3. The van der Waals surface area contributed by atoms with E-state index in [1.807, 2.05) is 0 Å². The minimum Gasteiger partial charge on any atom is -0.512 e. The molecule has 2 aromatic rings. The molecule has 0 amide bonds. The van der Waals surface area contributed by atoms with Crippen molar-refractivity contribution in [2.45, 2.75) is 81.6 Å². The van der Waals surface area contributed by atoms with Crippen LogP contribution in [0.1, 0.15) is 79.3 Å². The van der Waals surface area contributed by atoms with Crippen LogP contribution in [0.5, 0.6) is 0 Å². The first kappa shape index (κ1) is 26.3. The van der Waals surface area contributed by atoms with Gasteiger partial charge in [0.1, 0.15) is 0 Å². The van der Waals surface area contributed by atoms with Gasteiger partial charge in [0, 0.05) is 31.4 Å². The minimum absolute atomic E-state index is 0. The molecular weight excluding hydrogens is 551 g/mol. The van der Waals surface area contributed by atoms with Crippen molar-refractivity contribution in [3.8, 4) is 11.3 Å². The summed E-state index contributed by atoms with van der Waals surface area (Å²) in [5.41, 5.74) is 13.5. The Morgan fingerprint density at radius 3 is 1.80 bits per heavy atom. The van der Waals surface area contributed by atoms with E-state index in [2.05, 4.69) is 61.5 Å². The van der Waals surface area contributed by atoms with Crippen molar-refractivity contribution < 1.29 is 30.0 Å². The van der Waals surface area contributed by atoms with Crippen LogP contribution in [0.15, 0.2) is 11.3 Å². The Kier molecular flexibility index (Phi) is 8.02. The van der Waals surface area contributed by atoms with E-state index in [0.29, 0.717) is 5.57 Å². The standard InChI is InChI=1S/C20H24N.C6H10O2.Ir/c1-10-9-16-17(13(4)11(10)2)20(7,8)18-14(5)12(3)15(6)21-19(16)18;1-4(5(2)7)6(3)8;/h1-8H3;7H,1-3H3;/q-1;;/b;5-4-;. The number of aliphatic hydroxyl groups is 1. The number of carbonyl (C=O) groups excluding carboxylic acids is 1. The van der Waals surface area contributed by atoms with Crippen LogP contribution < -0.4 is 0 Å². The third-order valence-corrected chi connectivity index (χ3v) is 6.62. The summed E-state index contributed by atoms with van der Waals surface area (Å²) in [6, 6.07) is 3.62. The van der Waals surface area contributed by atoms with Crippen molar-refractivity contribution in [1.29, 1.82) is 0 Å². The number of hydrogen-bond acceptors (Lipinski definition) is 3. The number of nitrogens with zero attached hydrogens (tertiary/aromatic N) is 1. The van der Waals surface area contributed by atoms with Gasteiger partial charge in [-0.3, -0.25) is 4.79 Å². The van der Waals surface area contributed by atoms with Crippen molar-refractivity contribution in [3.63, 3.8) is 0 Å². The zero-order valence-electron chi connectivity index (χ0n) is 20.1. The van der Waals surface area contributed by atoms with Crippen LogP contribution >= 0.6 is 0 Å². The van der Waals surface area contributed by atoms with Crippen molar-refractivity contribution in [3.05, 3.63) is 62.0 Å². The van der Waals surface area contributed by atoms with Crippen molar-refractivity contribution in [1.82, 2.24) is 4.98 Å². The second-order valence-electron chi connectivity index (χ2n) is 8.81. The summed E-state index contributed by atoms with van der Waals surface area (Å²) >= 11 is 0. The summed E-state index contributed by atoms with van der Waals surface area (Å²) in [4.78, 5) is 15.3. The number of aliphatic hydroxyl groups excluding tert-OH is 1. The second kappa shape index (κ2) is 9.16. The molecule has 165 valence electrons. The summed E-state index contributed by atoms with van der Waals surface area (Å²) in [5.74, 6) is 0.0301. The van der Waals surface area contributed by atoms with E-state index in [-0.39, 0.29) is 37.1 Å². The Morgan fingerprint density at radius 1 is 0.867 bits per heavy atom. The van der Waals surface area contributed by atoms with Gasteiger partial charge in [0.05, 0.1) is 5.76 Å². The first-order chi connectivity index (χ1) is 13.2. The fraction of sp³-hybridized carbons (Fsp3) is 0.462. The average Bonchev–Trinajstić information content (AvgIpc) is 2.84. The fourth-order valence-corrected chi connectivity index (χ4v) is 4.23. The molecule has 0 unspecified atom stereocenters. The molecule has 1 radical (unpaired) electrons. The van der Waals surface area contributed by atoms with Crippen LogP contribution in [0.3, 0.4) is 0 Å². The molecule has 1 aromatic heterocycles. The summed E-state index contributed by atoms with van der Waals surface area (Å²) in [5, 5.41) is 8.65. The van der Waals surface area contributed by atoms with Crippen LogP contribution in [0.25, 0.3) is 11.3 Å². The molecule has 0 saturated heterocycles. The smallest absolute Gasteiger partial charge is 0.158 e. The van der Waals surface area contributed by atoms with Gasteiger partial charge in [-0.15, -0.1) is 33.9 Å². The number of hydrogen-bond donors (Lipinski definition) is 1. The van der Waals surface area contributed by atoms with Gasteiger partial charge in [-0.2, -0.15) is 0 Å². The SMILES string of the molecule is CC(=O)/C(C)=C(/C)O.Cc1[c-]c2c(c(C)c1C)C(C)(C)c1c-2nc(C)c(C)c1C.[Ir]. The van der Waals surface area contributed by atoms with Crippen LogP contribution in [0.4, 0.5) is 0 Å². The molecule has 0 aliphatic heterocycles. The van der Waals surface area contributed by atoms with Crippen molar-refractivity contribution >= 4 is 5.78 Å². The van der Waals surface area contributed by atoms with Crippen LogP contribution in [-0.2, 0) is 30.3 Å². The number of rotatable bonds is 1. The van der Waals surface area contributed by atoms with Crippen LogP contribution in [0.2, 0.25) is 0 Å². The van der Waals surface area contributed by atoms with Crippen LogP contribution in [-0.4, -0.2) is 15.9 Å². The molecule has 1 heterocycles. The van der Waals surface area contributed by atoms with Gasteiger partial charge in [-0.1, -0.05) is 45.7 Å². The molecule has 3 nitrogen and oxygen atoms in total. The van der Waals surface area contributed by atoms with E-state index in [9.17, 15) is 4.79 Å². The number of allylic oxidation sites excluding steroid dienone is 2. The maximum Gasteiger partial charge on any atom is 0.158 e. The third kappa shape index (κ3) is 4.31. The van der Waals surface area contributed by atoms with Gasteiger partial charge in [-0.25, -0.2) is 0 Å². The number of Topliss-reactive ketones (excluding diaryl/α,β-unsaturated/α-hetero) is 1. The van der Waals surface area contributed by atoms with E-state index < -0.39 is 0 Å². The van der Waals surface area contributed by atoms with Gasteiger partial charge in [0.2, 0.25) is 0 Å². The molecule has 3 rings (SSSR count). The third-order valence-electron chi connectivity index (χ3n) is 6.62. The molecule has 30 heavy (non-hydrogen) atoms. The molecule has 0 saturated carbocycles. The minimum atomic E-state index is -0.0787. The maximum absolute atomic E-state index is 10.4. The van der Waals surface area contributed by atoms with E-state index in [4.69, 9.17) is 10.1 Å². The Morgan fingerprint density at radius 2 is 1.37 bits per heavy atom. The van der Waals surface area contributed by atoms with Gasteiger partial charge in [0.15, 0.2) is 5.78 Å². The second-order valence-corrected chi connectivity index (χ2v) is 8.81. The number of fused-ring (bicyclic) bond motifs is 3. The predicted octanol–water partition coefficient (Wildman–Crippen LogP) is 6.46. The molecule has 0 bridgehead atoms. The Bertz CT molecular complexity index is 976. The number of carbonyl (C=O) groups is 1. The quantitative estimate of drug-likeness (QED) is 0.238. The van der Waals surface area contributed by atoms with E-state index >= 15 is 0 Å². The molecule has 1 aliphatic carbocycles. The number of aryl methyl sites for hydroxylation is 2. The van der Waals surface area contributed by atoms with Crippen LogP contribution in [0, 0.1) is 47.6 Å². The Labute approximate surface area is 195 Å². The molecule has 0 fully saturated rings. The molecule has 1 N–H and O–H groups in total. The fourth-order valence-electron chi connectivity index (χ4n) is 4.23. The van der Waals surface area contributed by atoms with Gasteiger partial charge in [0.25, 0.3) is 0 Å². The largest absolute Gasteiger partial charge is 0.512 e. The van der Waals surface area contributed by atoms with Gasteiger partial charge < -0.3 is 10.1 Å². The van der Waals surface area contributed by atoms with E-state index in [1.165, 1.54) is 58.4 Å². The number of benzene rings is 1. The summed E-state index contributed by atoms with van der Waals surface area (Å²) < 4.78 is 0. The zero-order valence-corrected chi connectivity index (χ0v) is 22.5. The monoisotopic (exact) mass is 585 g/mol. The first-order valence-corrected chi connectivity index (χ1v) is 10.1. The predicted molar refractivity (Wildman–Crippen MR) is 121 cm³/mol. The molecule has 0 spiro atoms. The van der Waals surface area contributed by atoms with Crippen molar-refractivity contribution in [2.24, 2.45) is 0 Å². The molecule has 1 aromatic carbocycles. The average molecular weight is 585 g/mol. The molecule has 1 aliphatic rings. The van der Waals surface area contributed by atoms with Gasteiger partial charge >= 0.3 is 0 Å². The Hall–Kier alpha value is -1.77. The zero-order chi connectivity index (χ0) is 22.4. The molecule has 0 atom stereocenters. The maximum atomic E-state index is 10.4. The summed E-state index contributed by atoms with van der Waals surface area (Å²) in [6.07, 6.45) is 0. The van der Waals surface area contributed by atoms with Gasteiger partial charge in [-0.05, 0) is 58.2 Å².